The zero-order valence-corrected chi connectivity index (χ0v) is 13.7. The summed E-state index contributed by atoms with van der Waals surface area (Å²) in [6.07, 6.45) is 3.15. The van der Waals surface area contributed by atoms with Crippen LogP contribution in [0.3, 0.4) is 0 Å². The van der Waals surface area contributed by atoms with Crippen LogP contribution in [0.1, 0.15) is 12.5 Å². The van der Waals surface area contributed by atoms with E-state index in [-0.39, 0.29) is 11.8 Å². The van der Waals surface area contributed by atoms with Crippen molar-refractivity contribution in [1.82, 2.24) is 0 Å². The van der Waals surface area contributed by atoms with Gasteiger partial charge in [-0.05, 0) is 35.9 Å². The van der Waals surface area contributed by atoms with Crippen molar-refractivity contribution in [3.8, 4) is 11.5 Å². The third kappa shape index (κ3) is 4.60. The molecule has 0 radical (unpaired) electrons. The van der Waals surface area contributed by atoms with Crippen LogP contribution in [0, 0.1) is 0 Å². The highest BCUT2D eigenvalue weighted by atomic mass is 16.6. The van der Waals surface area contributed by atoms with Gasteiger partial charge in [0.05, 0.1) is 0 Å². The Morgan fingerprint density at radius 1 is 0.920 bits per heavy atom. The summed E-state index contributed by atoms with van der Waals surface area (Å²) in [5.74, 6) is 0.936. The first-order valence-electron chi connectivity index (χ1n) is 7.86. The van der Waals surface area contributed by atoms with Gasteiger partial charge < -0.3 is 20.1 Å². The molecule has 2 amide bonds. The Kier molecular flexibility index (Phi) is 4.99. The molecule has 25 heavy (non-hydrogen) atoms. The molecule has 0 saturated heterocycles. The second-order valence-corrected chi connectivity index (χ2v) is 5.48. The number of hydrogen-bond acceptors (Lipinski definition) is 4. The van der Waals surface area contributed by atoms with Crippen molar-refractivity contribution in [3.05, 3.63) is 54.1 Å². The fourth-order valence-corrected chi connectivity index (χ4v) is 2.36. The van der Waals surface area contributed by atoms with E-state index in [2.05, 4.69) is 10.6 Å². The van der Waals surface area contributed by atoms with Crippen molar-refractivity contribution < 1.29 is 19.1 Å². The molecule has 128 valence electrons. The van der Waals surface area contributed by atoms with Crippen LogP contribution in [0.5, 0.6) is 11.5 Å². The molecule has 1 aliphatic rings. The van der Waals surface area contributed by atoms with Gasteiger partial charge in [0, 0.05) is 30.4 Å². The molecule has 0 bridgehead atoms. The van der Waals surface area contributed by atoms with E-state index in [4.69, 9.17) is 9.47 Å². The Labute approximate surface area is 145 Å². The molecule has 6 nitrogen and oxygen atoms in total. The van der Waals surface area contributed by atoms with Crippen molar-refractivity contribution in [2.75, 3.05) is 23.8 Å². The SMILES string of the molecule is CC(=O)Nc1ccc(C=CC(=O)Nc2ccc3c(c2)OCCO3)cc1. The van der Waals surface area contributed by atoms with E-state index >= 15 is 0 Å². The topological polar surface area (TPSA) is 76.7 Å². The number of benzene rings is 2. The first-order valence-corrected chi connectivity index (χ1v) is 7.86. The molecule has 2 aromatic carbocycles. The number of hydrogen-bond donors (Lipinski definition) is 2. The van der Waals surface area contributed by atoms with Gasteiger partial charge in [0.2, 0.25) is 11.8 Å². The van der Waals surface area contributed by atoms with E-state index in [1.807, 2.05) is 12.1 Å². The number of ether oxygens (including phenoxy) is 2. The summed E-state index contributed by atoms with van der Waals surface area (Å²) < 4.78 is 10.9. The van der Waals surface area contributed by atoms with E-state index in [0.29, 0.717) is 36.1 Å². The number of rotatable bonds is 4. The molecule has 6 heteroatoms. The summed E-state index contributed by atoms with van der Waals surface area (Å²) in [6, 6.07) is 12.5. The summed E-state index contributed by atoms with van der Waals surface area (Å²) in [4.78, 5) is 23.0. The molecule has 1 heterocycles. The molecule has 0 fully saturated rings. The third-order valence-corrected chi connectivity index (χ3v) is 3.47. The highest BCUT2D eigenvalue weighted by Crippen LogP contribution is 2.32. The largest absolute Gasteiger partial charge is 0.486 e. The minimum atomic E-state index is -0.248. The van der Waals surface area contributed by atoms with E-state index in [1.165, 1.54) is 13.0 Å². The standard InChI is InChI=1S/C19H18N2O4/c1-13(22)20-15-5-2-14(3-6-15)4-9-19(23)21-16-7-8-17-18(12-16)25-11-10-24-17/h2-9,12H,10-11H2,1H3,(H,20,22)(H,21,23). The molecule has 2 aromatic rings. The lowest BCUT2D eigenvalue weighted by Crippen LogP contribution is -2.16. The first-order chi connectivity index (χ1) is 12.1. The van der Waals surface area contributed by atoms with Gasteiger partial charge in [-0.2, -0.15) is 0 Å². The van der Waals surface area contributed by atoms with Crippen molar-refractivity contribution in [3.63, 3.8) is 0 Å². The number of anilines is 2. The Bertz CT molecular complexity index is 813. The second kappa shape index (κ2) is 7.53. The molecule has 0 aromatic heterocycles. The summed E-state index contributed by atoms with van der Waals surface area (Å²) in [5, 5.41) is 5.47. The molecule has 1 aliphatic heterocycles. The molecule has 0 saturated carbocycles. The van der Waals surface area contributed by atoms with Crippen LogP contribution < -0.4 is 20.1 Å². The maximum absolute atomic E-state index is 12.0. The molecular formula is C19H18N2O4. The fraction of sp³-hybridized carbons (Fsp3) is 0.158. The van der Waals surface area contributed by atoms with Gasteiger partial charge in [0.25, 0.3) is 0 Å². The quantitative estimate of drug-likeness (QED) is 0.840. The summed E-state index contributed by atoms with van der Waals surface area (Å²) >= 11 is 0. The number of carbonyl (C=O) groups excluding carboxylic acids is 2. The van der Waals surface area contributed by atoms with Crippen LogP contribution in [-0.4, -0.2) is 25.0 Å². The highest BCUT2D eigenvalue weighted by Gasteiger charge is 2.12. The average Bonchev–Trinajstić information content (AvgIpc) is 2.60. The Morgan fingerprint density at radius 3 is 2.32 bits per heavy atom. The van der Waals surface area contributed by atoms with Crippen molar-refractivity contribution in [2.24, 2.45) is 0 Å². The zero-order chi connectivity index (χ0) is 17.6. The molecule has 0 atom stereocenters. The van der Waals surface area contributed by atoms with Crippen LogP contribution in [0.2, 0.25) is 0 Å². The van der Waals surface area contributed by atoms with E-state index < -0.39 is 0 Å². The molecular weight excluding hydrogens is 320 g/mol. The van der Waals surface area contributed by atoms with Gasteiger partial charge in [-0.3, -0.25) is 9.59 Å². The van der Waals surface area contributed by atoms with Crippen LogP contribution in [0.4, 0.5) is 11.4 Å². The zero-order valence-electron chi connectivity index (χ0n) is 13.7. The van der Waals surface area contributed by atoms with Crippen molar-refractivity contribution in [2.45, 2.75) is 6.92 Å². The average molecular weight is 338 g/mol. The van der Waals surface area contributed by atoms with E-state index in [0.717, 1.165) is 5.56 Å². The maximum atomic E-state index is 12.0. The highest BCUT2D eigenvalue weighted by molar-refractivity contribution is 6.02. The van der Waals surface area contributed by atoms with Crippen LogP contribution >= 0.6 is 0 Å². The first kappa shape index (κ1) is 16.6. The van der Waals surface area contributed by atoms with Crippen LogP contribution in [0.15, 0.2) is 48.5 Å². The molecule has 2 N–H and O–H groups in total. The predicted molar refractivity (Wildman–Crippen MR) is 95.8 cm³/mol. The van der Waals surface area contributed by atoms with E-state index in [9.17, 15) is 9.59 Å². The number of nitrogens with one attached hydrogen (secondary N) is 2. The van der Waals surface area contributed by atoms with Gasteiger partial charge >= 0.3 is 0 Å². The lowest BCUT2D eigenvalue weighted by molar-refractivity contribution is -0.114. The van der Waals surface area contributed by atoms with Crippen molar-refractivity contribution in [1.29, 1.82) is 0 Å². The number of fused-ring (bicyclic) bond motifs is 1. The monoisotopic (exact) mass is 338 g/mol. The van der Waals surface area contributed by atoms with Crippen LogP contribution in [0.25, 0.3) is 6.08 Å². The Morgan fingerprint density at radius 2 is 1.60 bits per heavy atom. The third-order valence-electron chi connectivity index (χ3n) is 3.47. The van der Waals surface area contributed by atoms with E-state index in [1.54, 1.807) is 36.4 Å². The van der Waals surface area contributed by atoms with Crippen molar-refractivity contribution >= 4 is 29.3 Å². The predicted octanol–water partition coefficient (Wildman–Crippen LogP) is 3.07. The summed E-state index contributed by atoms with van der Waals surface area (Å²) in [6.45, 7) is 2.48. The lowest BCUT2D eigenvalue weighted by atomic mass is 10.2. The number of carbonyl (C=O) groups is 2. The van der Waals surface area contributed by atoms with Gasteiger partial charge in [-0.1, -0.05) is 12.1 Å². The van der Waals surface area contributed by atoms with Gasteiger partial charge in [0.1, 0.15) is 13.2 Å². The normalized spacial score (nSPS) is 12.7. The van der Waals surface area contributed by atoms with Gasteiger partial charge in [0.15, 0.2) is 11.5 Å². The minimum Gasteiger partial charge on any atom is -0.486 e. The van der Waals surface area contributed by atoms with Crippen LogP contribution in [-0.2, 0) is 9.59 Å². The number of amides is 2. The lowest BCUT2D eigenvalue weighted by Gasteiger charge is -2.18. The maximum Gasteiger partial charge on any atom is 0.248 e. The fourth-order valence-electron chi connectivity index (χ4n) is 2.36. The molecule has 0 unspecified atom stereocenters. The smallest absolute Gasteiger partial charge is 0.248 e. The minimum absolute atomic E-state index is 0.123. The Balaban J connectivity index is 1.60. The molecule has 3 rings (SSSR count). The van der Waals surface area contributed by atoms with Gasteiger partial charge in [-0.25, -0.2) is 0 Å². The summed E-state index contributed by atoms with van der Waals surface area (Å²) in [5.41, 5.74) is 2.21. The molecule has 0 spiro atoms. The second-order valence-electron chi connectivity index (χ2n) is 5.48. The summed E-state index contributed by atoms with van der Waals surface area (Å²) in [7, 11) is 0. The van der Waals surface area contributed by atoms with Gasteiger partial charge in [-0.15, -0.1) is 0 Å². The molecule has 0 aliphatic carbocycles. The Hall–Kier alpha value is -3.28.